The number of fused-ring (bicyclic) bond motifs is 1. The van der Waals surface area contributed by atoms with Crippen molar-refractivity contribution in [2.75, 3.05) is 19.8 Å². The molecule has 0 radical (unpaired) electrons. The third-order valence-corrected chi connectivity index (χ3v) is 7.46. The number of aryl methyl sites for hydroxylation is 2. The van der Waals surface area contributed by atoms with E-state index in [0.717, 1.165) is 33.9 Å². The number of benzene rings is 2. The number of nitrogens with one attached hydrogen (secondary N) is 1. The molecule has 4 rings (SSSR count). The number of thioether (sulfide) groups is 1. The number of H-pyrrole nitrogens is 1. The third-order valence-electron chi connectivity index (χ3n) is 6.69. The number of hydrogen-bond acceptors (Lipinski definition) is 10. The number of carbonyl (C=O) groups excluding carboxylic acids is 3. The van der Waals surface area contributed by atoms with Crippen LogP contribution >= 0.6 is 11.8 Å². The summed E-state index contributed by atoms with van der Waals surface area (Å²) in [5.41, 5.74) is 5.00. The van der Waals surface area contributed by atoms with Crippen molar-refractivity contribution < 1.29 is 38.1 Å². The summed E-state index contributed by atoms with van der Waals surface area (Å²) in [4.78, 5) is 37.5. The molecule has 4 aromatic rings. The van der Waals surface area contributed by atoms with Gasteiger partial charge in [0.1, 0.15) is 16.5 Å². The lowest BCUT2D eigenvalue weighted by atomic mass is 9.94. The second kappa shape index (κ2) is 13.7. The standard InChI is InChI=1S/C31H35N3O8S/c1-8-38-29(35)41-24-16-25(42-30(36)39-9-2)22(15-20(24)17(4)5)27-26(28(33-32-27)43-31(37)40-10-3)19-12-11-13-23-21(19)14-18(6)34(23)7/h11-17H,8-10H2,1-7H3,(H,32,33). The van der Waals surface area contributed by atoms with Gasteiger partial charge in [0.25, 0.3) is 0 Å². The van der Waals surface area contributed by atoms with Crippen LogP contribution in [0.3, 0.4) is 0 Å². The van der Waals surface area contributed by atoms with Crippen LogP contribution in [0.5, 0.6) is 11.5 Å². The summed E-state index contributed by atoms with van der Waals surface area (Å²) >= 11 is 0.851. The predicted octanol–water partition coefficient (Wildman–Crippen LogP) is 7.99. The minimum absolute atomic E-state index is 0.0520. The van der Waals surface area contributed by atoms with E-state index in [1.165, 1.54) is 6.07 Å². The quantitative estimate of drug-likeness (QED) is 0.0862. The Hall–Kier alpha value is -4.45. The fourth-order valence-corrected chi connectivity index (χ4v) is 5.39. The molecule has 0 aliphatic rings. The van der Waals surface area contributed by atoms with Crippen LogP contribution in [0, 0.1) is 6.92 Å². The third kappa shape index (κ3) is 6.80. The van der Waals surface area contributed by atoms with Gasteiger partial charge < -0.3 is 28.3 Å². The molecule has 228 valence electrons. The first-order chi connectivity index (χ1) is 20.6. The molecule has 0 saturated carbocycles. The van der Waals surface area contributed by atoms with Gasteiger partial charge >= 0.3 is 17.6 Å². The maximum Gasteiger partial charge on any atom is 0.513 e. The van der Waals surface area contributed by atoms with E-state index in [1.807, 2.05) is 46.0 Å². The summed E-state index contributed by atoms with van der Waals surface area (Å²) in [6, 6.07) is 11.2. The van der Waals surface area contributed by atoms with E-state index in [1.54, 1.807) is 26.8 Å². The summed E-state index contributed by atoms with van der Waals surface area (Å²) in [7, 11) is 1.98. The van der Waals surface area contributed by atoms with Gasteiger partial charge in [-0.15, -0.1) is 0 Å². The van der Waals surface area contributed by atoms with Crippen LogP contribution in [0.1, 0.15) is 51.8 Å². The van der Waals surface area contributed by atoms with Crippen molar-refractivity contribution in [2.24, 2.45) is 7.05 Å². The Balaban J connectivity index is 2.02. The molecule has 0 amide bonds. The predicted molar refractivity (Wildman–Crippen MR) is 163 cm³/mol. The lowest BCUT2D eigenvalue weighted by Gasteiger charge is -2.18. The highest BCUT2D eigenvalue weighted by atomic mass is 32.2. The Bertz CT molecular complexity index is 1660. The highest BCUT2D eigenvalue weighted by Gasteiger charge is 2.28. The van der Waals surface area contributed by atoms with Crippen molar-refractivity contribution >= 4 is 40.3 Å². The molecule has 0 atom stereocenters. The van der Waals surface area contributed by atoms with Gasteiger partial charge in [-0.25, -0.2) is 14.4 Å². The number of ether oxygens (including phenoxy) is 5. The SMILES string of the molecule is CCOC(=O)Oc1cc(OC(=O)OCC)c(C(C)C)cc1-c1[nH]nc(SC(=O)OCC)c1-c1cccc2c1cc(C)n2C. The van der Waals surface area contributed by atoms with Gasteiger partial charge in [-0.2, -0.15) is 5.10 Å². The summed E-state index contributed by atoms with van der Waals surface area (Å²) in [6.45, 7) is 11.4. The average Bonchev–Trinajstić information content (AvgIpc) is 3.48. The van der Waals surface area contributed by atoms with E-state index in [4.69, 9.17) is 23.7 Å². The Labute approximate surface area is 253 Å². The Morgan fingerprint density at radius 3 is 2.19 bits per heavy atom. The van der Waals surface area contributed by atoms with E-state index in [9.17, 15) is 14.4 Å². The maximum atomic E-state index is 12.6. The van der Waals surface area contributed by atoms with Crippen LogP contribution in [0.2, 0.25) is 0 Å². The summed E-state index contributed by atoms with van der Waals surface area (Å²) in [6.07, 6.45) is -1.83. The first kappa shape index (κ1) is 31.5. The smallest absolute Gasteiger partial charge is 0.458 e. The fourth-order valence-electron chi connectivity index (χ4n) is 4.65. The molecule has 12 heteroatoms. The van der Waals surface area contributed by atoms with Gasteiger partial charge in [-0.05, 0) is 62.9 Å². The molecule has 0 unspecified atom stereocenters. The zero-order valence-electron chi connectivity index (χ0n) is 25.2. The molecule has 2 aromatic heterocycles. The molecule has 0 fully saturated rings. The number of hydrogen-bond donors (Lipinski definition) is 1. The minimum atomic E-state index is -0.939. The second-order valence-corrected chi connectivity index (χ2v) is 10.7. The number of carbonyl (C=O) groups is 3. The van der Waals surface area contributed by atoms with Crippen LogP contribution in [0.4, 0.5) is 14.4 Å². The van der Waals surface area contributed by atoms with E-state index >= 15 is 0 Å². The highest BCUT2D eigenvalue weighted by Crippen LogP contribution is 2.46. The average molecular weight is 610 g/mol. The molecule has 0 aliphatic heterocycles. The van der Waals surface area contributed by atoms with Crippen LogP contribution in [-0.4, -0.2) is 52.2 Å². The monoisotopic (exact) mass is 609 g/mol. The Morgan fingerprint density at radius 2 is 1.56 bits per heavy atom. The van der Waals surface area contributed by atoms with E-state index in [0.29, 0.717) is 27.4 Å². The van der Waals surface area contributed by atoms with Gasteiger partial charge in [-0.1, -0.05) is 26.0 Å². The Kier molecular flexibility index (Phi) is 10.0. The molecule has 0 saturated heterocycles. The van der Waals surface area contributed by atoms with Gasteiger partial charge in [0, 0.05) is 52.6 Å². The maximum absolute atomic E-state index is 12.6. The summed E-state index contributed by atoms with van der Waals surface area (Å²) < 4.78 is 28.5. The largest absolute Gasteiger partial charge is 0.513 e. The van der Waals surface area contributed by atoms with E-state index in [-0.39, 0.29) is 37.2 Å². The molecule has 0 bridgehead atoms. The summed E-state index contributed by atoms with van der Waals surface area (Å²) in [5.74, 6) is 0.107. The van der Waals surface area contributed by atoms with Crippen molar-refractivity contribution in [3.05, 3.63) is 47.7 Å². The van der Waals surface area contributed by atoms with Gasteiger partial charge in [0.05, 0.1) is 25.5 Å². The number of nitrogens with zero attached hydrogens (tertiary/aromatic N) is 2. The van der Waals surface area contributed by atoms with Crippen molar-refractivity contribution in [1.29, 1.82) is 0 Å². The topological polar surface area (TPSA) is 131 Å². The molecular weight excluding hydrogens is 574 g/mol. The lowest BCUT2D eigenvalue weighted by molar-refractivity contribution is 0.102. The molecular formula is C31H35N3O8S. The lowest BCUT2D eigenvalue weighted by Crippen LogP contribution is -2.14. The van der Waals surface area contributed by atoms with Gasteiger partial charge in [0.2, 0.25) is 0 Å². The molecule has 0 spiro atoms. The molecule has 1 N–H and O–H groups in total. The normalized spacial score (nSPS) is 11.1. The zero-order valence-corrected chi connectivity index (χ0v) is 26.0. The second-order valence-electron chi connectivity index (χ2n) is 9.76. The van der Waals surface area contributed by atoms with Gasteiger partial charge in [-0.3, -0.25) is 5.10 Å². The summed E-state index contributed by atoms with van der Waals surface area (Å²) in [5, 5.41) is 8.38. The molecule has 2 aromatic carbocycles. The first-order valence-corrected chi connectivity index (χ1v) is 14.8. The van der Waals surface area contributed by atoms with Crippen molar-refractivity contribution in [3.63, 3.8) is 0 Å². The number of aromatic nitrogens is 3. The van der Waals surface area contributed by atoms with E-state index < -0.39 is 17.6 Å². The molecule has 0 aliphatic carbocycles. The molecule has 2 heterocycles. The number of aromatic amines is 1. The molecule has 11 nitrogen and oxygen atoms in total. The first-order valence-electron chi connectivity index (χ1n) is 13.9. The van der Waals surface area contributed by atoms with Gasteiger partial charge in [0.15, 0.2) is 0 Å². The van der Waals surface area contributed by atoms with Crippen LogP contribution in [0.25, 0.3) is 33.3 Å². The van der Waals surface area contributed by atoms with Crippen LogP contribution in [0.15, 0.2) is 41.4 Å². The zero-order chi connectivity index (χ0) is 31.3. The number of rotatable bonds is 9. The highest BCUT2D eigenvalue weighted by molar-refractivity contribution is 8.13. The fraction of sp³-hybridized carbons (Fsp3) is 0.355. The van der Waals surface area contributed by atoms with Crippen LogP contribution in [-0.2, 0) is 21.3 Å². The van der Waals surface area contributed by atoms with Crippen molar-refractivity contribution in [1.82, 2.24) is 14.8 Å². The minimum Gasteiger partial charge on any atom is -0.458 e. The van der Waals surface area contributed by atoms with Crippen molar-refractivity contribution in [3.8, 4) is 33.9 Å². The van der Waals surface area contributed by atoms with E-state index in [2.05, 4.69) is 20.8 Å². The van der Waals surface area contributed by atoms with Crippen LogP contribution < -0.4 is 9.47 Å². The van der Waals surface area contributed by atoms with Crippen molar-refractivity contribution in [2.45, 2.75) is 52.5 Å². The Morgan fingerprint density at radius 1 is 0.907 bits per heavy atom. The molecule has 43 heavy (non-hydrogen) atoms.